The van der Waals surface area contributed by atoms with Gasteiger partial charge in [-0.15, -0.1) is 23.1 Å². The van der Waals surface area contributed by atoms with E-state index < -0.39 is 11.8 Å². The summed E-state index contributed by atoms with van der Waals surface area (Å²) >= 11 is 5.99. The van der Waals surface area contributed by atoms with Gasteiger partial charge in [0, 0.05) is 26.0 Å². The van der Waals surface area contributed by atoms with E-state index in [4.69, 9.17) is 4.74 Å². The third kappa shape index (κ3) is 10.2. The summed E-state index contributed by atoms with van der Waals surface area (Å²) < 4.78 is 5.75. The number of anilines is 2. The van der Waals surface area contributed by atoms with Crippen molar-refractivity contribution in [2.45, 2.75) is 18.2 Å². The minimum atomic E-state index is -0.491. The molecule has 0 aliphatic carbocycles. The van der Waals surface area contributed by atoms with Crippen LogP contribution in [0.3, 0.4) is 0 Å². The first-order valence-corrected chi connectivity index (χ1v) is 15.7. The highest BCUT2D eigenvalue weighted by atomic mass is 79.9. The zero-order valence-corrected chi connectivity index (χ0v) is 26.2. The van der Waals surface area contributed by atoms with Gasteiger partial charge in [0.1, 0.15) is 5.70 Å². The molecular weight excluding hydrogens is 652 g/mol. The lowest BCUT2D eigenvalue weighted by Gasteiger charge is -2.12. The Balaban J connectivity index is 1.34. The standard InChI is InChI=1S/C31H27BrN4O5S2/c1-2-41-28(38)17-24-18-43-31(34-24)36-27(37)19-42-25-13-11-23(12-14-25)33-30(40)26(16-20-7-6-10-22(32)15-20)35-29(39)21-8-4-3-5-9-21/h3-16,18H,2,17,19H2,1H3,(H,33,40)(H,35,39)(H,34,36,37)/b26-16-. The molecule has 3 amide bonds. The third-order valence-electron chi connectivity index (χ3n) is 5.60. The fraction of sp³-hybridized carbons (Fsp3) is 0.129. The van der Waals surface area contributed by atoms with Crippen LogP contribution in [-0.2, 0) is 25.5 Å². The molecule has 220 valence electrons. The summed E-state index contributed by atoms with van der Waals surface area (Å²) in [5.41, 5.74) is 2.29. The number of thiazole rings is 1. The quantitative estimate of drug-likeness (QED) is 0.0932. The number of carbonyl (C=O) groups excluding carboxylic acids is 4. The van der Waals surface area contributed by atoms with Gasteiger partial charge in [-0.1, -0.05) is 46.3 Å². The van der Waals surface area contributed by atoms with Crippen LogP contribution in [-0.4, -0.2) is 41.0 Å². The third-order valence-corrected chi connectivity index (χ3v) is 7.91. The second-order valence-corrected chi connectivity index (χ2v) is 11.7. The van der Waals surface area contributed by atoms with Gasteiger partial charge in [-0.3, -0.25) is 19.2 Å². The Bertz CT molecular complexity index is 1620. The average Bonchev–Trinajstić information content (AvgIpc) is 3.43. The van der Waals surface area contributed by atoms with Crippen molar-refractivity contribution in [1.29, 1.82) is 0 Å². The van der Waals surface area contributed by atoms with Crippen molar-refractivity contribution in [2.75, 3.05) is 23.0 Å². The maximum Gasteiger partial charge on any atom is 0.311 e. The van der Waals surface area contributed by atoms with Gasteiger partial charge in [0.15, 0.2) is 5.13 Å². The molecule has 1 aromatic heterocycles. The van der Waals surface area contributed by atoms with E-state index in [0.717, 1.165) is 14.9 Å². The molecule has 0 aliphatic rings. The van der Waals surface area contributed by atoms with Crippen LogP contribution >= 0.6 is 39.0 Å². The van der Waals surface area contributed by atoms with E-state index >= 15 is 0 Å². The summed E-state index contributed by atoms with van der Waals surface area (Å²) in [6.45, 7) is 2.04. The number of amides is 3. The second-order valence-electron chi connectivity index (χ2n) is 8.87. The van der Waals surface area contributed by atoms with Gasteiger partial charge in [-0.05, 0) is 67.1 Å². The molecule has 0 bridgehead atoms. The van der Waals surface area contributed by atoms with E-state index in [1.54, 1.807) is 66.9 Å². The van der Waals surface area contributed by atoms with Crippen molar-refractivity contribution in [2.24, 2.45) is 0 Å². The molecule has 1 heterocycles. The van der Waals surface area contributed by atoms with Crippen LogP contribution in [0.1, 0.15) is 28.5 Å². The summed E-state index contributed by atoms with van der Waals surface area (Å²) in [6.07, 6.45) is 1.66. The molecule has 9 nitrogen and oxygen atoms in total. The van der Waals surface area contributed by atoms with E-state index in [2.05, 4.69) is 36.9 Å². The number of halogens is 1. The van der Waals surface area contributed by atoms with E-state index in [9.17, 15) is 19.2 Å². The molecule has 0 atom stereocenters. The highest BCUT2D eigenvalue weighted by Crippen LogP contribution is 2.22. The predicted molar refractivity (Wildman–Crippen MR) is 173 cm³/mol. The highest BCUT2D eigenvalue weighted by molar-refractivity contribution is 9.10. The first-order chi connectivity index (χ1) is 20.8. The SMILES string of the molecule is CCOC(=O)Cc1csc(NC(=O)CSc2ccc(NC(=O)/C(=C/c3cccc(Br)c3)NC(=O)c3ccccc3)cc2)n1. The summed E-state index contributed by atoms with van der Waals surface area (Å²) in [7, 11) is 0. The fourth-order valence-corrected chi connectivity index (χ4v) is 5.49. The molecule has 0 unspecified atom stereocenters. The topological polar surface area (TPSA) is 126 Å². The summed E-state index contributed by atoms with van der Waals surface area (Å²) in [4.78, 5) is 55.2. The van der Waals surface area contributed by atoms with Gasteiger partial charge in [-0.25, -0.2) is 4.98 Å². The Kier molecular flexibility index (Phi) is 11.7. The number of hydrogen-bond donors (Lipinski definition) is 3. The second kappa shape index (κ2) is 15.8. The molecule has 0 fully saturated rings. The lowest BCUT2D eigenvalue weighted by atomic mass is 10.1. The fourth-order valence-electron chi connectivity index (χ4n) is 3.65. The number of rotatable bonds is 12. The van der Waals surface area contributed by atoms with Crippen molar-refractivity contribution in [3.05, 3.63) is 111 Å². The first kappa shape index (κ1) is 31.7. The van der Waals surface area contributed by atoms with Crippen molar-refractivity contribution in [3.63, 3.8) is 0 Å². The van der Waals surface area contributed by atoms with Gasteiger partial charge < -0.3 is 20.7 Å². The molecule has 0 aliphatic heterocycles. The monoisotopic (exact) mass is 678 g/mol. The molecule has 12 heteroatoms. The van der Waals surface area contributed by atoms with Crippen molar-refractivity contribution in [1.82, 2.24) is 10.3 Å². The molecule has 43 heavy (non-hydrogen) atoms. The first-order valence-electron chi connectivity index (χ1n) is 13.1. The van der Waals surface area contributed by atoms with Crippen molar-refractivity contribution in [3.8, 4) is 0 Å². The van der Waals surface area contributed by atoms with Crippen LogP contribution < -0.4 is 16.0 Å². The Labute approximate surface area is 265 Å². The Morgan fingerprint density at radius 1 is 0.977 bits per heavy atom. The molecular formula is C31H27BrN4O5S2. The summed E-state index contributed by atoms with van der Waals surface area (Å²) in [6, 6.07) is 23.0. The largest absolute Gasteiger partial charge is 0.466 e. The molecule has 0 radical (unpaired) electrons. The maximum atomic E-state index is 13.2. The van der Waals surface area contributed by atoms with Crippen LogP contribution in [0.5, 0.6) is 0 Å². The Morgan fingerprint density at radius 3 is 2.47 bits per heavy atom. The number of esters is 1. The van der Waals surface area contributed by atoms with Gasteiger partial charge in [0.05, 0.1) is 24.5 Å². The molecule has 0 saturated carbocycles. The maximum absolute atomic E-state index is 13.2. The van der Waals surface area contributed by atoms with E-state index in [1.165, 1.54) is 23.1 Å². The minimum absolute atomic E-state index is 0.0541. The van der Waals surface area contributed by atoms with Gasteiger partial charge in [-0.2, -0.15) is 0 Å². The van der Waals surface area contributed by atoms with Crippen LogP contribution in [0.15, 0.2) is 99.3 Å². The molecule has 4 rings (SSSR count). The Morgan fingerprint density at radius 2 is 1.74 bits per heavy atom. The van der Waals surface area contributed by atoms with Gasteiger partial charge in [0.2, 0.25) is 5.91 Å². The summed E-state index contributed by atoms with van der Waals surface area (Å²) in [5, 5.41) is 10.4. The van der Waals surface area contributed by atoms with Crippen LogP contribution in [0, 0.1) is 0 Å². The zero-order valence-electron chi connectivity index (χ0n) is 23.0. The summed E-state index contributed by atoms with van der Waals surface area (Å²) in [5.74, 6) is -1.36. The molecule has 3 N–H and O–H groups in total. The number of nitrogens with zero attached hydrogens (tertiary/aromatic N) is 1. The van der Waals surface area contributed by atoms with E-state index in [-0.39, 0.29) is 29.7 Å². The number of ether oxygens (including phenoxy) is 1. The van der Waals surface area contributed by atoms with Crippen LogP contribution in [0.4, 0.5) is 10.8 Å². The van der Waals surface area contributed by atoms with Crippen LogP contribution in [0.2, 0.25) is 0 Å². The number of carbonyl (C=O) groups is 4. The van der Waals surface area contributed by atoms with E-state index in [1.807, 2.05) is 30.3 Å². The number of hydrogen-bond acceptors (Lipinski definition) is 8. The van der Waals surface area contributed by atoms with Crippen LogP contribution in [0.25, 0.3) is 6.08 Å². The number of thioether (sulfide) groups is 1. The minimum Gasteiger partial charge on any atom is -0.466 e. The number of aromatic nitrogens is 1. The van der Waals surface area contributed by atoms with Gasteiger partial charge >= 0.3 is 5.97 Å². The van der Waals surface area contributed by atoms with Gasteiger partial charge in [0.25, 0.3) is 11.8 Å². The Hall–Kier alpha value is -4.26. The molecule has 4 aromatic rings. The number of nitrogens with one attached hydrogen (secondary N) is 3. The highest BCUT2D eigenvalue weighted by Gasteiger charge is 2.16. The lowest BCUT2D eigenvalue weighted by molar-refractivity contribution is -0.142. The average molecular weight is 680 g/mol. The number of benzene rings is 3. The molecule has 0 spiro atoms. The molecule has 3 aromatic carbocycles. The molecule has 0 saturated heterocycles. The van der Waals surface area contributed by atoms with Crippen molar-refractivity contribution < 1.29 is 23.9 Å². The van der Waals surface area contributed by atoms with Crippen molar-refractivity contribution >= 4 is 79.6 Å². The normalized spacial score (nSPS) is 11.0. The smallest absolute Gasteiger partial charge is 0.311 e. The van der Waals surface area contributed by atoms with E-state index in [0.29, 0.717) is 28.7 Å². The lowest BCUT2D eigenvalue weighted by Crippen LogP contribution is -2.30. The predicted octanol–water partition coefficient (Wildman–Crippen LogP) is 6.15. The zero-order chi connectivity index (χ0) is 30.6.